The van der Waals surface area contributed by atoms with Crippen LogP contribution in [0.3, 0.4) is 0 Å². The number of hydrogen-bond donors (Lipinski definition) is 2. The lowest BCUT2D eigenvalue weighted by Gasteiger charge is -2.33. The standard InChI is InChI=1S/C20H22N2O3/c1-13-4-7-15(8-5-13)10-11-21-18(23)20(3)19(24)22-16-12-14(2)6-9-17(16)25-20/h4-9,12H,10-11H2,1-3H3,(H,21,23)(H,22,24). The van der Waals surface area contributed by atoms with Crippen molar-refractivity contribution in [1.82, 2.24) is 5.32 Å². The van der Waals surface area contributed by atoms with Gasteiger partial charge >= 0.3 is 0 Å². The minimum atomic E-state index is -1.57. The van der Waals surface area contributed by atoms with Crippen LogP contribution in [-0.4, -0.2) is 24.0 Å². The van der Waals surface area contributed by atoms with Gasteiger partial charge in [-0.1, -0.05) is 35.9 Å². The van der Waals surface area contributed by atoms with E-state index in [9.17, 15) is 9.59 Å². The number of rotatable bonds is 4. The molecule has 0 aromatic heterocycles. The van der Waals surface area contributed by atoms with Crippen molar-refractivity contribution >= 4 is 17.5 Å². The Labute approximate surface area is 147 Å². The molecule has 1 unspecified atom stereocenters. The SMILES string of the molecule is Cc1ccc(CCNC(=O)C2(C)Oc3ccc(C)cc3NC2=O)cc1. The lowest BCUT2D eigenvalue weighted by molar-refractivity contribution is -0.146. The van der Waals surface area contributed by atoms with Gasteiger partial charge in [0.05, 0.1) is 5.69 Å². The zero-order valence-electron chi connectivity index (χ0n) is 14.7. The first-order valence-electron chi connectivity index (χ1n) is 8.33. The van der Waals surface area contributed by atoms with E-state index in [1.807, 2.05) is 50.2 Å². The summed E-state index contributed by atoms with van der Waals surface area (Å²) in [5.41, 5.74) is 2.35. The lowest BCUT2D eigenvalue weighted by Crippen LogP contribution is -2.58. The zero-order valence-corrected chi connectivity index (χ0v) is 14.7. The Morgan fingerprint density at radius 3 is 2.52 bits per heavy atom. The van der Waals surface area contributed by atoms with Crippen LogP contribution in [0, 0.1) is 13.8 Å². The first-order chi connectivity index (χ1) is 11.9. The fraction of sp³-hybridized carbons (Fsp3) is 0.300. The molecule has 2 aromatic carbocycles. The summed E-state index contributed by atoms with van der Waals surface area (Å²) in [6.07, 6.45) is 0.694. The Morgan fingerprint density at radius 1 is 1.12 bits per heavy atom. The number of fused-ring (bicyclic) bond motifs is 1. The molecule has 5 heteroatoms. The highest BCUT2D eigenvalue weighted by Gasteiger charge is 2.47. The van der Waals surface area contributed by atoms with E-state index in [0.29, 0.717) is 24.4 Å². The molecular weight excluding hydrogens is 316 g/mol. The van der Waals surface area contributed by atoms with Crippen molar-refractivity contribution in [2.45, 2.75) is 32.8 Å². The summed E-state index contributed by atoms with van der Waals surface area (Å²) in [6.45, 7) is 5.89. The van der Waals surface area contributed by atoms with Crippen LogP contribution >= 0.6 is 0 Å². The van der Waals surface area contributed by atoms with Gasteiger partial charge in [-0.25, -0.2) is 0 Å². The summed E-state index contributed by atoms with van der Waals surface area (Å²) in [7, 11) is 0. The maximum Gasteiger partial charge on any atom is 0.278 e. The topological polar surface area (TPSA) is 67.4 Å². The van der Waals surface area contributed by atoms with Gasteiger partial charge in [0.2, 0.25) is 0 Å². The fourth-order valence-corrected chi connectivity index (χ4v) is 2.73. The highest BCUT2D eigenvalue weighted by molar-refractivity contribution is 6.15. The van der Waals surface area contributed by atoms with Crippen LogP contribution in [0.15, 0.2) is 42.5 Å². The second-order valence-electron chi connectivity index (χ2n) is 6.58. The fourth-order valence-electron chi connectivity index (χ4n) is 2.73. The van der Waals surface area contributed by atoms with Crippen molar-refractivity contribution in [3.63, 3.8) is 0 Å². The van der Waals surface area contributed by atoms with Gasteiger partial charge in [-0.05, 0) is 50.5 Å². The third-order valence-electron chi connectivity index (χ3n) is 4.38. The largest absolute Gasteiger partial charge is 0.466 e. The number of carbonyl (C=O) groups is 2. The van der Waals surface area contributed by atoms with Crippen molar-refractivity contribution in [1.29, 1.82) is 0 Å². The van der Waals surface area contributed by atoms with Crippen LogP contribution in [0.4, 0.5) is 5.69 Å². The average molecular weight is 338 g/mol. The van der Waals surface area contributed by atoms with Crippen molar-refractivity contribution < 1.29 is 14.3 Å². The summed E-state index contributed by atoms with van der Waals surface area (Å²) in [4.78, 5) is 25.0. The molecule has 2 aromatic rings. The molecule has 0 aliphatic carbocycles. The molecule has 130 valence electrons. The lowest BCUT2D eigenvalue weighted by atomic mass is 10.0. The van der Waals surface area contributed by atoms with Gasteiger partial charge in [-0.3, -0.25) is 9.59 Å². The van der Waals surface area contributed by atoms with E-state index in [-0.39, 0.29) is 0 Å². The second kappa shape index (κ2) is 6.59. The molecule has 5 nitrogen and oxygen atoms in total. The molecule has 25 heavy (non-hydrogen) atoms. The van der Waals surface area contributed by atoms with E-state index in [4.69, 9.17) is 4.74 Å². The summed E-state index contributed by atoms with van der Waals surface area (Å²) in [5.74, 6) is -0.400. The first kappa shape index (κ1) is 17.0. The quantitative estimate of drug-likeness (QED) is 0.843. The number of nitrogens with one attached hydrogen (secondary N) is 2. The van der Waals surface area contributed by atoms with Crippen LogP contribution in [0.5, 0.6) is 5.75 Å². The number of ether oxygens (including phenoxy) is 1. The summed E-state index contributed by atoms with van der Waals surface area (Å²) in [6, 6.07) is 13.6. The number of amides is 2. The Hall–Kier alpha value is -2.82. The third-order valence-corrected chi connectivity index (χ3v) is 4.38. The van der Waals surface area contributed by atoms with Gasteiger partial charge < -0.3 is 15.4 Å². The molecule has 0 saturated carbocycles. The van der Waals surface area contributed by atoms with E-state index in [0.717, 1.165) is 11.1 Å². The highest BCUT2D eigenvalue weighted by Crippen LogP contribution is 2.34. The van der Waals surface area contributed by atoms with Crippen LogP contribution < -0.4 is 15.4 Å². The Bertz CT molecular complexity index is 814. The molecule has 2 amide bonds. The van der Waals surface area contributed by atoms with Crippen molar-refractivity contribution in [3.05, 3.63) is 59.2 Å². The Kier molecular flexibility index (Phi) is 4.49. The van der Waals surface area contributed by atoms with E-state index in [1.54, 1.807) is 6.07 Å². The van der Waals surface area contributed by atoms with Gasteiger partial charge in [0.1, 0.15) is 5.75 Å². The van der Waals surface area contributed by atoms with Crippen molar-refractivity contribution in [2.75, 3.05) is 11.9 Å². The molecule has 0 fully saturated rings. The molecule has 3 rings (SSSR count). The van der Waals surface area contributed by atoms with Crippen molar-refractivity contribution in [2.24, 2.45) is 0 Å². The minimum Gasteiger partial charge on any atom is -0.466 e. The predicted octanol–water partition coefficient (Wildman–Crippen LogP) is 2.75. The molecule has 1 aliphatic heterocycles. The average Bonchev–Trinajstić information content (AvgIpc) is 2.58. The molecule has 2 N–H and O–H groups in total. The predicted molar refractivity (Wildman–Crippen MR) is 96.7 cm³/mol. The maximum atomic E-state index is 12.6. The van der Waals surface area contributed by atoms with Crippen LogP contribution in [-0.2, 0) is 16.0 Å². The number of benzene rings is 2. The van der Waals surface area contributed by atoms with Gasteiger partial charge in [0, 0.05) is 6.54 Å². The molecule has 0 bridgehead atoms. The van der Waals surface area contributed by atoms with Crippen molar-refractivity contribution in [3.8, 4) is 5.75 Å². The molecule has 0 saturated heterocycles. The molecule has 0 radical (unpaired) electrons. The Morgan fingerprint density at radius 2 is 1.80 bits per heavy atom. The molecular formula is C20H22N2O3. The smallest absolute Gasteiger partial charge is 0.278 e. The van der Waals surface area contributed by atoms with Gasteiger partial charge in [0.15, 0.2) is 0 Å². The number of anilines is 1. The summed E-state index contributed by atoms with van der Waals surface area (Å²) >= 11 is 0. The van der Waals surface area contributed by atoms with E-state index in [2.05, 4.69) is 10.6 Å². The van der Waals surface area contributed by atoms with Crippen LogP contribution in [0.2, 0.25) is 0 Å². The van der Waals surface area contributed by atoms with Gasteiger partial charge in [-0.2, -0.15) is 0 Å². The zero-order chi connectivity index (χ0) is 18.0. The van der Waals surface area contributed by atoms with Crippen LogP contribution in [0.25, 0.3) is 0 Å². The third kappa shape index (κ3) is 3.50. The number of carbonyl (C=O) groups excluding carboxylic acids is 2. The second-order valence-corrected chi connectivity index (χ2v) is 6.58. The van der Waals surface area contributed by atoms with E-state index >= 15 is 0 Å². The normalized spacial score (nSPS) is 18.8. The van der Waals surface area contributed by atoms with E-state index < -0.39 is 17.4 Å². The molecule has 1 aliphatic rings. The van der Waals surface area contributed by atoms with E-state index in [1.165, 1.54) is 12.5 Å². The molecule has 0 spiro atoms. The van der Waals surface area contributed by atoms with Gasteiger partial charge in [0.25, 0.3) is 17.4 Å². The number of hydrogen-bond acceptors (Lipinski definition) is 3. The summed E-state index contributed by atoms with van der Waals surface area (Å²) < 4.78 is 5.74. The highest BCUT2D eigenvalue weighted by atomic mass is 16.5. The molecule has 1 heterocycles. The number of aryl methyl sites for hydroxylation is 2. The Balaban J connectivity index is 1.65. The first-order valence-corrected chi connectivity index (χ1v) is 8.33. The van der Waals surface area contributed by atoms with Gasteiger partial charge in [-0.15, -0.1) is 0 Å². The minimum absolute atomic E-state index is 0.439. The maximum absolute atomic E-state index is 12.6. The monoisotopic (exact) mass is 338 g/mol. The van der Waals surface area contributed by atoms with Crippen LogP contribution in [0.1, 0.15) is 23.6 Å². The molecule has 1 atom stereocenters. The summed E-state index contributed by atoms with van der Waals surface area (Å²) in [5, 5.41) is 5.57.